The summed E-state index contributed by atoms with van der Waals surface area (Å²) in [5.74, 6) is 0.0121. The molecular weight excluding hydrogens is 152 g/mol. The number of nitrogens with two attached hydrogens (primary N) is 1. The fourth-order valence-corrected chi connectivity index (χ4v) is 1.02. The number of hydrogen-bond donors (Lipinski definition) is 3. The number of phenolic OH excluding ortho intramolecular Hbond substituents is 1. The van der Waals surface area contributed by atoms with E-state index in [1.54, 1.807) is 13.0 Å². The van der Waals surface area contributed by atoms with Crippen molar-refractivity contribution in [3.63, 3.8) is 0 Å². The van der Waals surface area contributed by atoms with E-state index in [9.17, 15) is 5.11 Å². The lowest BCUT2D eigenvalue weighted by atomic mass is 10.0. The molecule has 0 aliphatic carbocycles. The maximum absolute atomic E-state index is 9.53. The maximum Gasteiger partial charge on any atom is 0.129 e. The van der Waals surface area contributed by atoms with Crippen molar-refractivity contribution in [2.75, 3.05) is 0 Å². The second-order valence-corrected chi connectivity index (χ2v) is 2.82. The van der Waals surface area contributed by atoms with Crippen LogP contribution in [0.15, 0.2) is 12.1 Å². The summed E-state index contributed by atoms with van der Waals surface area (Å²) in [5, 5.41) is 16.7. The average Bonchev–Trinajstić information content (AvgIpc) is 2.00. The van der Waals surface area contributed by atoms with Crippen LogP contribution < -0.4 is 5.73 Å². The van der Waals surface area contributed by atoms with Crippen LogP contribution >= 0.6 is 0 Å². The third kappa shape index (κ3) is 1.25. The van der Waals surface area contributed by atoms with Gasteiger partial charge in [0, 0.05) is 0 Å². The normalized spacial score (nSPS) is 9.83. The lowest BCUT2D eigenvalue weighted by molar-refractivity contribution is 0.469. The molecule has 0 fully saturated rings. The van der Waals surface area contributed by atoms with Gasteiger partial charge in [-0.05, 0) is 31.0 Å². The summed E-state index contributed by atoms with van der Waals surface area (Å²) in [6.07, 6.45) is 0. The first-order valence-electron chi connectivity index (χ1n) is 3.67. The molecule has 0 saturated carbocycles. The lowest BCUT2D eigenvalue weighted by Crippen LogP contribution is -2.11. The molecule has 0 unspecified atom stereocenters. The van der Waals surface area contributed by atoms with Gasteiger partial charge in [-0.3, -0.25) is 5.41 Å². The number of aryl methyl sites for hydroxylation is 1. The zero-order valence-corrected chi connectivity index (χ0v) is 7.18. The summed E-state index contributed by atoms with van der Waals surface area (Å²) >= 11 is 0. The van der Waals surface area contributed by atoms with Crippen LogP contribution in [0.1, 0.15) is 16.7 Å². The van der Waals surface area contributed by atoms with Crippen LogP contribution in [0.25, 0.3) is 0 Å². The Morgan fingerprint density at radius 3 is 2.50 bits per heavy atom. The van der Waals surface area contributed by atoms with E-state index in [2.05, 4.69) is 0 Å². The van der Waals surface area contributed by atoms with Crippen molar-refractivity contribution in [2.24, 2.45) is 5.73 Å². The first kappa shape index (κ1) is 8.59. The van der Waals surface area contributed by atoms with Gasteiger partial charge < -0.3 is 10.8 Å². The van der Waals surface area contributed by atoms with E-state index in [0.717, 1.165) is 11.1 Å². The van der Waals surface area contributed by atoms with Crippen LogP contribution in [0.5, 0.6) is 5.75 Å². The number of hydrogen-bond acceptors (Lipinski definition) is 2. The Morgan fingerprint density at radius 1 is 1.42 bits per heavy atom. The van der Waals surface area contributed by atoms with Crippen LogP contribution in [0.3, 0.4) is 0 Å². The largest absolute Gasteiger partial charge is 0.507 e. The first-order valence-corrected chi connectivity index (χ1v) is 3.67. The van der Waals surface area contributed by atoms with Crippen molar-refractivity contribution in [3.05, 3.63) is 28.8 Å². The molecule has 1 rings (SSSR count). The van der Waals surface area contributed by atoms with Crippen molar-refractivity contribution in [3.8, 4) is 5.75 Å². The van der Waals surface area contributed by atoms with E-state index in [-0.39, 0.29) is 11.6 Å². The molecule has 0 atom stereocenters. The van der Waals surface area contributed by atoms with Gasteiger partial charge in [-0.15, -0.1) is 0 Å². The number of benzene rings is 1. The summed E-state index contributed by atoms with van der Waals surface area (Å²) in [6, 6.07) is 3.49. The van der Waals surface area contributed by atoms with Crippen LogP contribution in [0.4, 0.5) is 0 Å². The molecular formula is C9H12N2O. The molecule has 0 bridgehead atoms. The van der Waals surface area contributed by atoms with Crippen molar-refractivity contribution in [1.82, 2.24) is 0 Å². The van der Waals surface area contributed by atoms with E-state index < -0.39 is 0 Å². The number of rotatable bonds is 1. The number of phenols is 1. The monoisotopic (exact) mass is 164 g/mol. The number of amidine groups is 1. The summed E-state index contributed by atoms with van der Waals surface area (Å²) in [4.78, 5) is 0. The first-order chi connectivity index (χ1) is 5.54. The van der Waals surface area contributed by atoms with Gasteiger partial charge in [-0.2, -0.15) is 0 Å². The Hall–Kier alpha value is -1.51. The molecule has 0 radical (unpaired) electrons. The summed E-state index contributed by atoms with van der Waals surface area (Å²) < 4.78 is 0. The van der Waals surface area contributed by atoms with Crippen molar-refractivity contribution in [1.29, 1.82) is 5.41 Å². The van der Waals surface area contributed by atoms with E-state index in [1.165, 1.54) is 0 Å². The molecule has 0 aliphatic rings. The predicted octanol–water partition coefficient (Wildman–Crippen LogP) is 1.29. The van der Waals surface area contributed by atoms with Crippen LogP contribution in [-0.2, 0) is 0 Å². The van der Waals surface area contributed by atoms with Crippen molar-refractivity contribution >= 4 is 5.84 Å². The molecule has 12 heavy (non-hydrogen) atoms. The Bertz CT molecular complexity index is 332. The summed E-state index contributed by atoms with van der Waals surface area (Å²) in [5.41, 5.74) is 7.44. The standard InChI is InChI=1S/C9H12N2O/c1-5-3-4-7(9(10)11)8(12)6(5)2/h3-4,12H,1-2H3,(H3,10,11). The minimum atomic E-state index is -0.101. The maximum atomic E-state index is 9.53. The highest BCUT2D eigenvalue weighted by Gasteiger charge is 2.07. The minimum absolute atomic E-state index is 0.101. The number of aromatic hydroxyl groups is 1. The van der Waals surface area contributed by atoms with Crippen molar-refractivity contribution < 1.29 is 5.11 Å². The van der Waals surface area contributed by atoms with Crippen molar-refractivity contribution in [2.45, 2.75) is 13.8 Å². The predicted molar refractivity (Wildman–Crippen MR) is 48.6 cm³/mol. The highest BCUT2D eigenvalue weighted by Crippen LogP contribution is 2.23. The number of nitrogens with one attached hydrogen (secondary N) is 1. The molecule has 1 aromatic carbocycles. The molecule has 4 N–H and O–H groups in total. The van der Waals surface area contributed by atoms with Gasteiger partial charge in [0.15, 0.2) is 0 Å². The Morgan fingerprint density at radius 2 is 2.00 bits per heavy atom. The van der Waals surface area contributed by atoms with E-state index in [4.69, 9.17) is 11.1 Å². The molecule has 64 valence electrons. The SMILES string of the molecule is Cc1ccc(C(=N)N)c(O)c1C. The highest BCUT2D eigenvalue weighted by atomic mass is 16.3. The molecule has 3 nitrogen and oxygen atoms in total. The van der Waals surface area contributed by atoms with Gasteiger partial charge in [-0.25, -0.2) is 0 Å². The topological polar surface area (TPSA) is 70.1 Å². The van der Waals surface area contributed by atoms with E-state index in [1.807, 2.05) is 13.0 Å². The molecule has 0 aromatic heterocycles. The average molecular weight is 164 g/mol. The van der Waals surface area contributed by atoms with Gasteiger partial charge in [0.1, 0.15) is 11.6 Å². The quantitative estimate of drug-likeness (QED) is 0.432. The Kier molecular flexibility index (Phi) is 2.04. The molecule has 3 heteroatoms. The molecule has 0 spiro atoms. The molecule has 0 heterocycles. The third-order valence-electron chi connectivity index (χ3n) is 1.99. The lowest BCUT2D eigenvalue weighted by Gasteiger charge is -2.07. The second kappa shape index (κ2) is 2.85. The van der Waals surface area contributed by atoms with Crippen LogP contribution in [0.2, 0.25) is 0 Å². The van der Waals surface area contributed by atoms with Gasteiger partial charge in [0.05, 0.1) is 5.56 Å². The van der Waals surface area contributed by atoms with Crippen LogP contribution in [0, 0.1) is 19.3 Å². The van der Waals surface area contributed by atoms with Crippen LogP contribution in [-0.4, -0.2) is 10.9 Å². The molecule has 0 amide bonds. The molecule has 1 aromatic rings. The Labute approximate surface area is 71.3 Å². The van der Waals surface area contributed by atoms with E-state index in [0.29, 0.717) is 5.56 Å². The minimum Gasteiger partial charge on any atom is -0.507 e. The smallest absolute Gasteiger partial charge is 0.129 e. The number of nitrogen functional groups attached to an aromatic ring is 1. The molecule has 0 saturated heterocycles. The third-order valence-corrected chi connectivity index (χ3v) is 1.99. The van der Waals surface area contributed by atoms with E-state index >= 15 is 0 Å². The Balaban J connectivity index is 3.36. The zero-order chi connectivity index (χ0) is 9.30. The fraction of sp³-hybridized carbons (Fsp3) is 0.222. The van der Waals surface area contributed by atoms with Gasteiger partial charge in [0.25, 0.3) is 0 Å². The fourth-order valence-electron chi connectivity index (χ4n) is 1.02. The molecule has 0 aliphatic heterocycles. The van der Waals surface area contributed by atoms with Gasteiger partial charge in [-0.1, -0.05) is 6.07 Å². The second-order valence-electron chi connectivity index (χ2n) is 2.82. The highest BCUT2D eigenvalue weighted by molar-refractivity contribution is 5.98. The zero-order valence-electron chi connectivity index (χ0n) is 7.18. The summed E-state index contributed by atoms with van der Waals surface area (Å²) in [7, 11) is 0. The van der Waals surface area contributed by atoms with Gasteiger partial charge >= 0.3 is 0 Å². The summed E-state index contributed by atoms with van der Waals surface area (Å²) in [6.45, 7) is 3.70. The van der Waals surface area contributed by atoms with Gasteiger partial charge in [0.2, 0.25) is 0 Å².